The first-order valence-electron chi connectivity index (χ1n) is 7.50. The molecule has 0 saturated carbocycles. The van der Waals surface area contributed by atoms with Crippen molar-refractivity contribution >= 4 is 34.2 Å². The normalized spacial score (nSPS) is 13.4. The van der Waals surface area contributed by atoms with Crippen LogP contribution in [0.4, 0.5) is 19.1 Å². The monoisotopic (exact) mass is 381 g/mol. The van der Waals surface area contributed by atoms with Crippen molar-refractivity contribution in [1.82, 2.24) is 29.5 Å². The largest absolute Gasteiger partial charge is 0.408 e. The van der Waals surface area contributed by atoms with E-state index >= 15 is 0 Å². The summed E-state index contributed by atoms with van der Waals surface area (Å²) in [4.78, 5) is 15.5. The van der Waals surface area contributed by atoms with Gasteiger partial charge in [-0.3, -0.25) is 0 Å². The zero-order valence-corrected chi connectivity index (χ0v) is 14.0. The van der Waals surface area contributed by atoms with E-state index in [2.05, 4.69) is 30.4 Å². The van der Waals surface area contributed by atoms with Gasteiger partial charge in [0.2, 0.25) is 5.95 Å². The van der Waals surface area contributed by atoms with Gasteiger partial charge in [-0.15, -0.1) is 0 Å². The number of H-pyrrole nitrogens is 1. The maximum absolute atomic E-state index is 12.7. The van der Waals surface area contributed by atoms with Crippen LogP contribution in [-0.2, 0) is 0 Å². The number of fused-ring (bicyclic) bond motifs is 2. The molecule has 0 aliphatic rings. The number of nitrogens with zero attached hydrogens (tertiary/aromatic N) is 5. The second-order valence-corrected chi connectivity index (χ2v) is 6.05. The summed E-state index contributed by atoms with van der Waals surface area (Å²) in [5.74, 6) is -0.113. The Hall–Kier alpha value is -2.88. The lowest BCUT2D eigenvalue weighted by molar-refractivity contribution is -0.138. The van der Waals surface area contributed by atoms with E-state index in [0.29, 0.717) is 33.0 Å². The van der Waals surface area contributed by atoms with Crippen LogP contribution in [0, 0.1) is 0 Å². The molecule has 26 heavy (non-hydrogen) atoms. The van der Waals surface area contributed by atoms with Crippen molar-refractivity contribution in [2.75, 3.05) is 5.32 Å². The minimum Gasteiger partial charge on any atom is -0.345 e. The van der Waals surface area contributed by atoms with Crippen LogP contribution in [0.15, 0.2) is 30.9 Å². The minimum absolute atomic E-state index is 0.113. The fraction of sp³-hybridized carbons (Fsp3) is 0.200. The molecule has 0 bridgehead atoms. The number of rotatable bonds is 3. The van der Waals surface area contributed by atoms with E-state index in [1.807, 2.05) is 0 Å². The van der Waals surface area contributed by atoms with Crippen molar-refractivity contribution in [3.63, 3.8) is 0 Å². The highest BCUT2D eigenvalue weighted by Gasteiger charge is 2.36. The van der Waals surface area contributed by atoms with Crippen LogP contribution in [0.3, 0.4) is 0 Å². The topological polar surface area (TPSA) is 83.8 Å². The smallest absolute Gasteiger partial charge is 0.345 e. The number of aromatic nitrogens is 6. The third-order valence-corrected chi connectivity index (χ3v) is 4.14. The molecule has 0 unspecified atom stereocenters. The Morgan fingerprint density at radius 1 is 1.27 bits per heavy atom. The van der Waals surface area contributed by atoms with Crippen LogP contribution in [0.25, 0.3) is 27.9 Å². The summed E-state index contributed by atoms with van der Waals surface area (Å²) in [5.41, 5.74) is 2.21. The molecule has 2 N–H and O–H groups in total. The first-order chi connectivity index (χ1) is 12.3. The molecule has 0 amide bonds. The lowest BCUT2D eigenvalue weighted by Crippen LogP contribution is -2.33. The van der Waals surface area contributed by atoms with Gasteiger partial charge in [-0.05, 0) is 13.0 Å². The second kappa shape index (κ2) is 5.84. The summed E-state index contributed by atoms with van der Waals surface area (Å²) < 4.78 is 39.5. The van der Waals surface area contributed by atoms with Crippen molar-refractivity contribution < 1.29 is 13.2 Å². The van der Waals surface area contributed by atoms with E-state index in [4.69, 9.17) is 11.6 Å². The Morgan fingerprint density at radius 2 is 2.08 bits per heavy atom. The highest BCUT2D eigenvalue weighted by atomic mass is 35.5. The average molecular weight is 382 g/mol. The van der Waals surface area contributed by atoms with Gasteiger partial charge in [0.1, 0.15) is 16.7 Å². The van der Waals surface area contributed by atoms with Gasteiger partial charge in [0.15, 0.2) is 5.65 Å². The quantitative estimate of drug-likeness (QED) is 0.565. The second-order valence-electron chi connectivity index (χ2n) is 5.64. The fourth-order valence-corrected chi connectivity index (χ4v) is 2.63. The van der Waals surface area contributed by atoms with Gasteiger partial charge in [-0.25, -0.2) is 14.5 Å². The molecule has 4 rings (SSSR count). The molecule has 0 radical (unpaired) electrons. The maximum Gasteiger partial charge on any atom is 0.408 e. The predicted molar refractivity (Wildman–Crippen MR) is 90.0 cm³/mol. The predicted octanol–water partition coefficient (Wildman–Crippen LogP) is 3.68. The van der Waals surface area contributed by atoms with Crippen molar-refractivity contribution in [2.24, 2.45) is 0 Å². The zero-order valence-electron chi connectivity index (χ0n) is 13.2. The summed E-state index contributed by atoms with van der Waals surface area (Å²) in [7, 11) is 0. The van der Waals surface area contributed by atoms with Gasteiger partial charge in [0.25, 0.3) is 0 Å². The van der Waals surface area contributed by atoms with Gasteiger partial charge in [-0.2, -0.15) is 23.3 Å². The molecule has 0 aliphatic carbocycles. The van der Waals surface area contributed by atoms with E-state index in [-0.39, 0.29) is 5.95 Å². The van der Waals surface area contributed by atoms with E-state index in [9.17, 15) is 13.2 Å². The van der Waals surface area contributed by atoms with Crippen LogP contribution in [0.5, 0.6) is 0 Å². The van der Waals surface area contributed by atoms with E-state index < -0.39 is 12.2 Å². The zero-order chi connectivity index (χ0) is 18.5. The fourth-order valence-electron chi connectivity index (χ4n) is 2.46. The summed E-state index contributed by atoms with van der Waals surface area (Å²) >= 11 is 6.05. The molecule has 4 aromatic heterocycles. The lowest BCUT2D eigenvalue weighted by atomic mass is 10.2. The summed E-state index contributed by atoms with van der Waals surface area (Å²) in [6, 6.07) is -0.0148. The van der Waals surface area contributed by atoms with Crippen molar-refractivity contribution in [2.45, 2.75) is 19.1 Å². The molecule has 4 aromatic rings. The minimum atomic E-state index is -4.39. The molecule has 134 valence electrons. The van der Waals surface area contributed by atoms with Crippen LogP contribution < -0.4 is 5.32 Å². The molecule has 11 heteroatoms. The Labute approximate surface area is 149 Å². The Morgan fingerprint density at radius 3 is 2.85 bits per heavy atom. The molecule has 0 fully saturated rings. The van der Waals surface area contributed by atoms with Crippen LogP contribution in [0.2, 0.25) is 5.02 Å². The Bertz CT molecular complexity index is 1100. The summed E-state index contributed by atoms with van der Waals surface area (Å²) in [6.07, 6.45) is 1.93. The number of anilines is 1. The average Bonchev–Trinajstić information content (AvgIpc) is 3.17. The van der Waals surface area contributed by atoms with Crippen LogP contribution in [0.1, 0.15) is 6.92 Å². The van der Waals surface area contributed by atoms with Crippen LogP contribution >= 0.6 is 11.6 Å². The molecular formula is C15H11ClF3N7. The molecule has 4 heterocycles. The molecule has 0 saturated heterocycles. The number of halogens is 4. The van der Waals surface area contributed by atoms with Gasteiger partial charge in [0, 0.05) is 29.5 Å². The van der Waals surface area contributed by atoms with Gasteiger partial charge in [0.05, 0.1) is 11.9 Å². The standard InChI is InChI=1S/C15H11ClF3N7/c1-7(15(17,18)19)23-14-21-5-9-8(4-20-12(9)25-14)11-2-3-26-13(24-11)10(16)6-22-26/h2-7H,1H3,(H2,20,21,23,25)/t7-/m1/s1. The third kappa shape index (κ3) is 2.81. The summed E-state index contributed by atoms with van der Waals surface area (Å²) in [6.45, 7) is 1.00. The highest BCUT2D eigenvalue weighted by Crippen LogP contribution is 2.28. The Balaban J connectivity index is 1.71. The van der Waals surface area contributed by atoms with Gasteiger partial charge < -0.3 is 10.3 Å². The number of nitrogens with one attached hydrogen (secondary N) is 2. The van der Waals surface area contributed by atoms with E-state index in [0.717, 1.165) is 6.92 Å². The SMILES string of the molecule is C[C@@H](Nc1ncc2c(-c3ccn4ncc(Cl)c4n3)c[nH]c2n1)C(F)(F)F. The molecule has 0 aliphatic heterocycles. The Kier molecular flexibility index (Phi) is 3.72. The third-order valence-electron chi connectivity index (χ3n) is 3.87. The number of aromatic amines is 1. The van der Waals surface area contributed by atoms with E-state index in [1.165, 1.54) is 16.9 Å². The van der Waals surface area contributed by atoms with Crippen molar-refractivity contribution in [3.05, 3.63) is 35.9 Å². The van der Waals surface area contributed by atoms with Crippen molar-refractivity contribution in [3.8, 4) is 11.3 Å². The number of hydrogen-bond donors (Lipinski definition) is 2. The molecule has 0 spiro atoms. The number of alkyl halides is 3. The molecule has 0 aromatic carbocycles. The molecular weight excluding hydrogens is 371 g/mol. The lowest BCUT2D eigenvalue weighted by Gasteiger charge is -2.16. The first-order valence-corrected chi connectivity index (χ1v) is 7.88. The maximum atomic E-state index is 12.7. The van der Waals surface area contributed by atoms with Gasteiger partial charge in [-0.1, -0.05) is 11.6 Å². The highest BCUT2D eigenvalue weighted by molar-refractivity contribution is 6.33. The summed E-state index contributed by atoms with van der Waals surface area (Å²) in [5, 5.41) is 7.33. The first kappa shape index (κ1) is 16.6. The van der Waals surface area contributed by atoms with Crippen molar-refractivity contribution in [1.29, 1.82) is 0 Å². The number of hydrogen-bond acceptors (Lipinski definition) is 5. The van der Waals surface area contributed by atoms with Crippen LogP contribution in [-0.4, -0.2) is 41.8 Å². The molecule has 1 atom stereocenters. The van der Waals surface area contributed by atoms with Gasteiger partial charge >= 0.3 is 6.18 Å². The molecule has 7 nitrogen and oxygen atoms in total. The van der Waals surface area contributed by atoms with E-state index in [1.54, 1.807) is 18.5 Å².